The van der Waals surface area contributed by atoms with Gasteiger partial charge in [0, 0.05) is 44.1 Å². The van der Waals surface area contributed by atoms with Gasteiger partial charge in [-0.2, -0.15) is 11.8 Å². The number of halogens is 1. The SMILES string of the molecule is CN(C(=O)CC1CSCCN1)C1CCN(c2ccccc2Cl)C1=O. The molecule has 2 atom stereocenters. The van der Waals surface area contributed by atoms with E-state index in [1.165, 1.54) is 0 Å². The molecule has 1 N–H and O–H groups in total. The molecule has 3 rings (SSSR count). The summed E-state index contributed by atoms with van der Waals surface area (Å²) >= 11 is 8.07. The van der Waals surface area contributed by atoms with Crippen molar-refractivity contribution in [2.45, 2.75) is 24.9 Å². The number of benzene rings is 1. The van der Waals surface area contributed by atoms with Crippen molar-refractivity contribution in [1.29, 1.82) is 0 Å². The summed E-state index contributed by atoms with van der Waals surface area (Å²) in [5, 5.41) is 3.93. The Morgan fingerprint density at radius 2 is 2.25 bits per heavy atom. The summed E-state index contributed by atoms with van der Waals surface area (Å²) in [5.74, 6) is 2.01. The number of carbonyl (C=O) groups excluding carboxylic acids is 2. The molecule has 130 valence electrons. The van der Waals surface area contributed by atoms with Gasteiger partial charge in [0.05, 0.1) is 10.7 Å². The lowest BCUT2D eigenvalue weighted by Gasteiger charge is -2.28. The number of nitrogens with zero attached hydrogens (tertiary/aromatic N) is 2. The van der Waals surface area contributed by atoms with Crippen molar-refractivity contribution in [2.75, 3.05) is 36.5 Å². The van der Waals surface area contributed by atoms with Gasteiger partial charge in [0.2, 0.25) is 11.8 Å². The molecule has 2 amide bonds. The second kappa shape index (κ2) is 7.76. The number of likely N-dealkylation sites (N-methyl/N-ethyl adjacent to an activating group) is 1. The smallest absolute Gasteiger partial charge is 0.249 e. The minimum Gasteiger partial charge on any atom is -0.334 e. The first-order chi connectivity index (χ1) is 11.6. The Balaban J connectivity index is 1.63. The molecule has 5 nitrogen and oxygen atoms in total. The van der Waals surface area contributed by atoms with E-state index in [0.29, 0.717) is 24.4 Å². The summed E-state index contributed by atoms with van der Waals surface area (Å²) in [7, 11) is 1.73. The fraction of sp³-hybridized carbons (Fsp3) is 0.529. The van der Waals surface area contributed by atoms with Gasteiger partial charge in [0.1, 0.15) is 6.04 Å². The van der Waals surface area contributed by atoms with Crippen LogP contribution in [0, 0.1) is 0 Å². The molecule has 1 aromatic rings. The maximum absolute atomic E-state index is 12.7. The summed E-state index contributed by atoms with van der Waals surface area (Å²) in [4.78, 5) is 28.6. The molecular formula is C17H22ClN3O2S. The highest BCUT2D eigenvalue weighted by Gasteiger charge is 2.38. The van der Waals surface area contributed by atoms with Crippen LogP contribution in [-0.2, 0) is 9.59 Å². The van der Waals surface area contributed by atoms with E-state index in [9.17, 15) is 9.59 Å². The van der Waals surface area contributed by atoms with Gasteiger partial charge in [0.25, 0.3) is 0 Å². The fourth-order valence-corrected chi connectivity index (χ4v) is 4.40. The lowest BCUT2D eigenvalue weighted by atomic mass is 10.1. The van der Waals surface area contributed by atoms with E-state index in [2.05, 4.69) is 5.32 Å². The van der Waals surface area contributed by atoms with Gasteiger partial charge in [-0.25, -0.2) is 0 Å². The van der Waals surface area contributed by atoms with Gasteiger partial charge in [-0.05, 0) is 18.6 Å². The molecule has 0 bridgehead atoms. The predicted octanol–water partition coefficient (Wildman–Crippen LogP) is 2.00. The van der Waals surface area contributed by atoms with E-state index in [-0.39, 0.29) is 17.9 Å². The largest absolute Gasteiger partial charge is 0.334 e. The van der Waals surface area contributed by atoms with Gasteiger partial charge < -0.3 is 15.1 Å². The van der Waals surface area contributed by atoms with Crippen LogP contribution in [0.3, 0.4) is 0 Å². The van der Waals surface area contributed by atoms with Crippen LogP contribution >= 0.6 is 23.4 Å². The van der Waals surface area contributed by atoms with Crippen molar-refractivity contribution < 1.29 is 9.59 Å². The summed E-state index contributed by atoms with van der Waals surface area (Å²) in [5.41, 5.74) is 0.720. The highest BCUT2D eigenvalue weighted by atomic mass is 35.5. The van der Waals surface area contributed by atoms with E-state index in [0.717, 1.165) is 23.7 Å². The predicted molar refractivity (Wildman–Crippen MR) is 98.7 cm³/mol. The van der Waals surface area contributed by atoms with Crippen LogP contribution < -0.4 is 10.2 Å². The first kappa shape index (κ1) is 17.6. The number of nitrogens with one attached hydrogen (secondary N) is 1. The van der Waals surface area contributed by atoms with Gasteiger partial charge in [-0.15, -0.1) is 0 Å². The third-order valence-electron chi connectivity index (χ3n) is 4.60. The average molecular weight is 368 g/mol. The molecule has 2 unspecified atom stereocenters. The fourth-order valence-electron chi connectivity index (χ4n) is 3.21. The Morgan fingerprint density at radius 3 is 2.96 bits per heavy atom. The van der Waals surface area contributed by atoms with E-state index >= 15 is 0 Å². The van der Waals surface area contributed by atoms with Gasteiger partial charge in [-0.3, -0.25) is 9.59 Å². The van der Waals surface area contributed by atoms with E-state index < -0.39 is 6.04 Å². The van der Waals surface area contributed by atoms with E-state index in [1.807, 2.05) is 30.0 Å². The van der Waals surface area contributed by atoms with Gasteiger partial charge in [0.15, 0.2) is 0 Å². The average Bonchev–Trinajstić information content (AvgIpc) is 2.97. The molecular weight excluding hydrogens is 346 g/mol. The summed E-state index contributed by atoms with van der Waals surface area (Å²) in [6.07, 6.45) is 1.08. The highest BCUT2D eigenvalue weighted by Crippen LogP contribution is 2.30. The summed E-state index contributed by atoms with van der Waals surface area (Å²) in [6, 6.07) is 7.13. The van der Waals surface area contributed by atoms with Gasteiger partial charge >= 0.3 is 0 Å². The van der Waals surface area contributed by atoms with Gasteiger partial charge in [-0.1, -0.05) is 23.7 Å². The Labute approximate surface area is 151 Å². The van der Waals surface area contributed by atoms with Crippen LogP contribution in [0.5, 0.6) is 0 Å². The van der Waals surface area contributed by atoms with Crippen molar-refractivity contribution in [3.05, 3.63) is 29.3 Å². The van der Waals surface area contributed by atoms with Crippen molar-refractivity contribution in [1.82, 2.24) is 10.2 Å². The number of para-hydroxylation sites is 1. The molecule has 2 aliphatic heterocycles. The minimum absolute atomic E-state index is 0.0226. The third kappa shape index (κ3) is 3.71. The molecule has 1 aromatic carbocycles. The maximum atomic E-state index is 12.7. The minimum atomic E-state index is -0.398. The lowest BCUT2D eigenvalue weighted by Crippen LogP contribution is -2.46. The number of rotatable bonds is 4. The number of hydrogen-bond donors (Lipinski definition) is 1. The Kier molecular flexibility index (Phi) is 5.69. The van der Waals surface area contributed by atoms with Crippen LogP contribution in [0.1, 0.15) is 12.8 Å². The van der Waals surface area contributed by atoms with Crippen LogP contribution in [0.15, 0.2) is 24.3 Å². The first-order valence-electron chi connectivity index (χ1n) is 8.20. The zero-order chi connectivity index (χ0) is 17.1. The molecule has 2 aliphatic rings. The highest BCUT2D eigenvalue weighted by molar-refractivity contribution is 7.99. The Morgan fingerprint density at radius 1 is 1.46 bits per heavy atom. The normalized spacial score (nSPS) is 24.2. The summed E-state index contributed by atoms with van der Waals surface area (Å²) in [6.45, 7) is 1.53. The Hall–Kier alpha value is -1.24. The van der Waals surface area contributed by atoms with E-state index in [1.54, 1.807) is 22.9 Å². The maximum Gasteiger partial charge on any atom is 0.249 e. The molecule has 0 saturated carbocycles. The number of anilines is 1. The zero-order valence-electron chi connectivity index (χ0n) is 13.7. The summed E-state index contributed by atoms with van der Waals surface area (Å²) < 4.78 is 0. The number of amides is 2. The van der Waals surface area contributed by atoms with Crippen LogP contribution in [0.25, 0.3) is 0 Å². The molecule has 0 radical (unpaired) electrons. The van der Waals surface area contributed by atoms with Crippen LogP contribution in [0.2, 0.25) is 5.02 Å². The van der Waals surface area contributed by atoms with Crippen LogP contribution in [0.4, 0.5) is 5.69 Å². The number of thioether (sulfide) groups is 1. The Bertz CT molecular complexity index is 622. The van der Waals surface area contributed by atoms with Crippen molar-refractivity contribution >= 4 is 40.9 Å². The molecule has 0 aliphatic carbocycles. The first-order valence-corrected chi connectivity index (χ1v) is 9.74. The van der Waals surface area contributed by atoms with Crippen molar-refractivity contribution in [3.63, 3.8) is 0 Å². The topological polar surface area (TPSA) is 52.7 Å². The molecule has 0 spiro atoms. The third-order valence-corrected chi connectivity index (χ3v) is 6.05. The standard InChI is InChI=1S/C17H22ClN3O2S/c1-20(16(22)10-12-11-24-9-7-19-12)15-6-8-21(17(15)23)14-5-3-2-4-13(14)18/h2-5,12,15,19H,6-11H2,1H3. The van der Waals surface area contributed by atoms with Crippen molar-refractivity contribution in [2.24, 2.45) is 0 Å². The molecule has 2 heterocycles. The quantitative estimate of drug-likeness (QED) is 0.884. The molecule has 7 heteroatoms. The molecule has 24 heavy (non-hydrogen) atoms. The van der Waals surface area contributed by atoms with Crippen LogP contribution in [-0.4, -0.2) is 60.4 Å². The number of hydrogen-bond acceptors (Lipinski definition) is 4. The zero-order valence-corrected chi connectivity index (χ0v) is 15.3. The monoisotopic (exact) mass is 367 g/mol. The second-order valence-electron chi connectivity index (χ2n) is 6.18. The molecule has 2 fully saturated rings. The lowest BCUT2D eigenvalue weighted by molar-refractivity contribution is -0.137. The molecule has 0 aromatic heterocycles. The molecule has 2 saturated heterocycles. The second-order valence-corrected chi connectivity index (χ2v) is 7.74. The van der Waals surface area contributed by atoms with Crippen molar-refractivity contribution in [3.8, 4) is 0 Å². The van der Waals surface area contributed by atoms with E-state index in [4.69, 9.17) is 11.6 Å². The number of carbonyl (C=O) groups is 2.